The largest absolute Gasteiger partial charge is 0.385 e. The Bertz CT molecular complexity index is 434. The summed E-state index contributed by atoms with van der Waals surface area (Å²) in [7, 11) is 1.67. The topological polar surface area (TPSA) is 50.4 Å². The van der Waals surface area contributed by atoms with Crippen LogP contribution in [0, 0.1) is 0 Å². The lowest BCUT2D eigenvalue weighted by molar-refractivity contribution is -0.120. The number of benzene rings is 1. The third kappa shape index (κ3) is 4.62. The van der Waals surface area contributed by atoms with Crippen LogP contribution in [0.3, 0.4) is 0 Å². The van der Waals surface area contributed by atoms with Gasteiger partial charge in [-0.2, -0.15) is 0 Å². The number of nitrogens with one attached hydrogen (secondary N) is 2. The number of rotatable bonds is 7. The Hall–Kier alpha value is -1.39. The van der Waals surface area contributed by atoms with Gasteiger partial charge < -0.3 is 15.4 Å². The first-order valence-corrected chi connectivity index (χ1v) is 7.35. The van der Waals surface area contributed by atoms with Crippen molar-refractivity contribution in [2.24, 2.45) is 0 Å². The SMILES string of the molecule is COCCCNC(=O)CNC1CCc2ccccc2C1. The van der Waals surface area contributed by atoms with E-state index in [0.717, 1.165) is 25.7 Å². The van der Waals surface area contributed by atoms with Crippen LogP contribution < -0.4 is 10.6 Å². The van der Waals surface area contributed by atoms with E-state index in [1.807, 2.05) is 0 Å². The molecule has 0 spiro atoms. The number of carbonyl (C=O) groups is 1. The molecule has 2 N–H and O–H groups in total. The Morgan fingerprint density at radius 3 is 2.95 bits per heavy atom. The lowest BCUT2D eigenvalue weighted by Crippen LogP contribution is -2.42. The second kappa shape index (κ2) is 8.02. The Labute approximate surface area is 120 Å². The molecule has 2 rings (SSSR count). The maximum atomic E-state index is 11.7. The molecule has 1 aromatic carbocycles. The minimum atomic E-state index is 0.0694. The van der Waals surface area contributed by atoms with Gasteiger partial charge in [-0.3, -0.25) is 4.79 Å². The average molecular weight is 276 g/mol. The molecule has 1 amide bonds. The molecule has 1 aliphatic rings. The smallest absolute Gasteiger partial charge is 0.233 e. The number of methoxy groups -OCH3 is 1. The molecule has 1 atom stereocenters. The second-order valence-electron chi connectivity index (χ2n) is 5.29. The number of fused-ring (bicyclic) bond motifs is 1. The molecule has 1 aromatic rings. The second-order valence-corrected chi connectivity index (χ2v) is 5.29. The summed E-state index contributed by atoms with van der Waals surface area (Å²) in [5.41, 5.74) is 2.87. The van der Waals surface area contributed by atoms with Crippen molar-refractivity contribution in [3.8, 4) is 0 Å². The van der Waals surface area contributed by atoms with Gasteiger partial charge in [0, 0.05) is 26.3 Å². The fourth-order valence-corrected chi connectivity index (χ4v) is 2.62. The molecule has 0 heterocycles. The first kappa shape index (κ1) is 15.0. The van der Waals surface area contributed by atoms with Gasteiger partial charge in [0.2, 0.25) is 5.91 Å². The summed E-state index contributed by atoms with van der Waals surface area (Å²) < 4.78 is 4.95. The Balaban J connectivity index is 1.67. The van der Waals surface area contributed by atoms with Gasteiger partial charge in [-0.15, -0.1) is 0 Å². The van der Waals surface area contributed by atoms with Crippen molar-refractivity contribution < 1.29 is 9.53 Å². The van der Waals surface area contributed by atoms with Crippen molar-refractivity contribution in [1.29, 1.82) is 0 Å². The normalized spacial score (nSPS) is 17.6. The van der Waals surface area contributed by atoms with Gasteiger partial charge >= 0.3 is 0 Å². The Morgan fingerprint density at radius 2 is 2.15 bits per heavy atom. The monoisotopic (exact) mass is 276 g/mol. The molecule has 0 aliphatic heterocycles. The third-order valence-corrected chi connectivity index (χ3v) is 3.75. The van der Waals surface area contributed by atoms with Crippen molar-refractivity contribution in [2.75, 3.05) is 26.8 Å². The third-order valence-electron chi connectivity index (χ3n) is 3.75. The zero-order valence-corrected chi connectivity index (χ0v) is 12.2. The highest BCUT2D eigenvalue weighted by Gasteiger charge is 2.18. The minimum Gasteiger partial charge on any atom is -0.385 e. The van der Waals surface area contributed by atoms with E-state index >= 15 is 0 Å². The van der Waals surface area contributed by atoms with Crippen LogP contribution in [0.15, 0.2) is 24.3 Å². The summed E-state index contributed by atoms with van der Waals surface area (Å²) in [6, 6.07) is 8.99. The number of amides is 1. The molecule has 0 bridgehead atoms. The number of carbonyl (C=O) groups excluding carboxylic acids is 1. The van der Waals surface area contributed by atoms with Crippen LogP contribution in [0.2, 0.25) is 0 Å². The van der Waals surface area contributed by atoms with Crippen LogP contribution in [0.1, 0.15) is 24.0 Å². The van der Waals surface area contributed by atoms with E-state index < -0.39 is 0 Å². The maximum Gasteiger partial charge on any atom is 0.233 e. The quantitative estimate of drug-likeness (QED) is 0.738. The minimum absolute atomic E-state index is 0.0694. The van der Waals surface area contributed by atoms with Crippen LogP contribution >= 0.6 is 0 Å². The molecule has 4 heteroatoms. The number of hydrogen-bond donors (Lipinski definition) is 2. The van der Waals surface area contributed by atoms with Crippen LogP contribution in [0.25, 0.3) is 0 Å². The standard InChI is InChI=1S/C16H24N2O2/c1-20-10-4-9-17-16(19)12-18-15-8-7-13-5-2-3-6-14(13)11-15/h2-3,5-6,15,18H,4,7-12H2,1H3,(H,17,19). The number of hydrogen-bond acceptors (Lipinski definition) is 3. The molecule has 1 unspecified atom stereocenters. The lowest BCUT2D eigenvalue weighted by atomic mass is 9.88. The highest BCUT2D eigenvalue weighted by atomic mass is 16.5. The van der Waals surface area contributed by atoms with Crippen LogP contribution in [0.5, 0.6) is 0 Å². The van der Waals surface area contributed by atoms with Crippen LogP contribution in [-0.2, 0) is 22.4 Å². The van der Waals surface area contributed by atoms with Crippen molar-refractivity contribution in [3.05, 3.63) is 35.4 Å². The van der Waals surface area contributed by atoms with Crippen LogP contribution in [-0.4, -0.2) is 38.8 Å². The van der Waals surface area contributed by atoms with E-state index in [1.54, 1.807) is 7.11 Å². The van der Waals surface area contributed by atoms with E-state index in [4.69, 9.17) is 4.74 Å². The summed E-state index contributed by atoms with van der Waals surface area (Å²) in [5, 5.41) is 6.25. The summed E-state index contributed by atoms with van der Waals surface area (Å²) in [5.74, 6) is 0.0694. The van der Waals surface area contributed by atoms with Gasteiger partial charge in [0.25, 0.3) is 0 Å². The van der Waals surface area contributed by atoms with E-state index in [-0.39, 0.29) is 5.91 Å². The fourth-order valence-electron chi connectivity index (χ4n) is 2.62. The van der Waals surface area contributed by atoms with E-state index in [9.17, 15) is 4.79 Å². The zero-order chi connectivity index (χ0) is 14.2. The van der Waals surface area contributed by atoms with Crippen molar-refractivity contribution >= 4 is 5.91 Å². The molecule has 1 aliphatic carbocycles. The average Bonchev–Trinajstić information content (AvgIpc) is 2.49. The molecule has 0 fully saturated rings. The van der Waals surface area contributed by atoms with Crippen molar-refractivity contribution in [3.63, 3.8) is 0 Å². The molecular formula is C16H24N2O2. The van der Waals surface area contributed by atoms with Crippen molar-refractivity contribution in [1.82, 2.24) is 10.6 Å². The van der Waals surface area contributed by atoms with E-state index in [1.165, 1.54) is 11.1 Å². The lowest BCUT2D eigenvalue weighted by Gasteiger charge is -2.25. The summed E-state index contributed by atoms with van der Waals surface area (Å²) in [6.45, 7) is 1.77. The zero-order valence-electron chi connectivity index (χ0n) is 12.2. The highest BCUT2D eigenvalue weighted by molar-refractivity contribution is 5.77. The van der Waals surface area contributed by atoms with E-state index in [2.05, 4.69) is 34.9 Å². The molecule has 0 saturated carbocycles. The molecule has 0 radical (unpaired) electrons. The van der Waals surface area contributed by atoms with Gasteiger partial charge in [0.1, 0.15) is 0 Å². The number of ether oxygens (including phenoxy) is 1. The van der Waals surface area contributed by atoms with Crippen molar-refractivity contribution in [2.45, 2.75) is 31.7 Å². The first-order chi connectivity index (χ1) is 9.79. The van der Waals surface area contributed by atoms with Gasteiger partial charge in [-0.05, 0) is 36.8 Å². The summed E-state index contributed by atoms with van der Waals surface area (Å²) >= 11 is 0. The molecule has 0 saturated heterocycles. The van der Waals surface area contributed by atoms with Gasteiger partial charge in [-0.25, -0.2) is 0 Å². The fraction of sp³-hybridized carbons (Fsp3) is 0.562. The Kier molecular flexibility index (Phi) is 6.02. The molecule has 20 heavy (non-hydrogen) atoms. The summed E-state index contributed by atoms with van der Waals surface area (Å²) in [4.78, 5) is 11.7. The predicted molar refractivity (Wildman–Crippen MR) is 79.8 cm³/mol. The Morgan fingerprint density at radius 1 is 1.35 bits per heavy atom. The molecule has 0 aromatic heterocycles. The molecule has 4 nitrogen and oxygen atoms in total. The molecular weight excluding hydrogens is 252 g/mol. The molecule has 110 valence electrons. The van der Waals surface area contributed by atoms with E-state index in [0.29, 0.717) is 25.7 Å². The highest BCUT2D eigenvalue weighted by Crippen LogP contribution is 2.20. The summed E-state index contributed by atoms with van der Waals surface area (Å²) in [6.07, 6.45) is 4.09. The number of aryl methyl sites for hydroxylation is 1. The van der Waals surface area contributed by atoms with Gasteiger partial charge in [0.15, 0.2) is 0 Å². The first-order valence-electron chi connectivity index (χ1n) is 7.35. The predicted octanol–water partition coefficient (Wildman–Crippen LogP) is 1.29. The maximum absolute atomic E-state index is 11.7. The van der Waals surface area contributed by atoms with Crippen LogP contribution in [0.4, 0.5) is 0 Å². The van der Waals surface area contributed by atoms with Gasteiger partial charge in [-0.1, -0.05) is 24.3 Å². The van der Waals surface area contributed by atoms with Gasteiger partial charge in [0.05, 0.1) is 6.54 Å².